The summed E-state index contributed by atoms with van der Waals surface area (Å²) in [5.74, 6) is 1.76. The lowest BCUT2D eigenvalue weighted by atomic mass is 10.1. The van der Waals surface area contributed by atoms with Crippen LogP contribution >= 0.6 is 0 Å². The molecule has 0 aromatic heterocycles. The van der Waals surface area contributed by atoms with Crippen LogP contribution in [0.2, 0.25) is 0 Å². The van der Waals surface area contributed by atoms with Gasteiger partial charge in [-0.1, -0.05) is 24.3 Å². The largest absolute Gasteiger partial charge is 0.493 e. The highest BCUT2D eigenvalue weighted by atomic mass is 19.1. The molecular formula is C22H28FN3O2. The van der Waals surface area contributed by atoms with Gasteiger partial charge in [0.05, 0.1) is 13.2 Å². The van der Waals surface area contributed by atoms with Crippen LogP contribution in [0.1, 0.15) is 23.1 Å². The number of nitrogens with zero attached hydrogens (tertiary/aromatic N) is 1. The number of ether oxygens (including phenoxy) is 2. The van der Waals surface area contributed by atoms with Crippen molar-refractivity contribution in [2.24, 2.45) is 10.9 Å². The molecule has 1 aliphatic rings. The summed E-state index contributed by atoms with van der Waals surface area (Å²) in [5.41, 5.74) is 3.09. The molecule has 2 N–H and O–H groups in total. The number of halogens is 1. The molecule has 0 bridgehead atoms. The Labute approximate surface area is 166 Å². The molecule has 28 heavy (non-hydrogen) atoms. The Balaban J connectivity index is 1.55. The quantitative estimate of drug-likeness (QED) is 0.567. The smallest absolute Gasteiger partial charge is 0.191 e. The second kappa shape index (κ2) is 10.1. The van der Waals surface area contributed by atoms with Gasteiger partial charge in [-0.2, -0.15) is 0 Å². The predicted octanol–water partition coefficient (Wildman–Crippen LogP) is 3.41. The van der Waals surface area contributed by atoms with Crippen LogP contribution in [0.15, 0.2) is 47.5 Å². The number of benzene rings is 2. The first-order valence-electron chi connectivity index (χ1n) is 9.63. The predicted molar refractivity (Wildman–Crippen MR) is 109 cm³/mol. The van der Waals surface area contributed by atoms with Crippen LogP contribution in [-0.2, 0) is 17.8 Å². The van der Waals surface area contributed by atoms with Crippen molar-refractivity contribution >= 4 is 5.96 Å². The standard InChI is InChI=1S/C22H28FN3O2/c1-16-6-7-19(21(10-16)28-15-18-8-9-27-14-18)13-26-22(24-2)25-12-17-4-3-5-20(23)11-17/h3-7,10-11,18H,8-9,12-15H2,1-2H3,(H2,24,25,26). The zero-order chi connectivity index (χ0) is 19.8. The lowest BCUT2D eigenvalue weighted by Gasteiger charge is -2.17. The van der Waals surface area contributed by atoms with E-state index in [1.54, 1.807) is 13.1 Å². The summed E-state index contributed by atoms with van der Waals surface area (Å²) in [4.78, 5) is 4.24. The van der Waals surface area contributed by atoms with Gasteiger partial charge in [-0.3, -0.25) is 4.99 Å². The van der Waals surface area contributed by atoms with E-state index in [2.05, 4.69) is 40.7 Å². The normalized spacial score (nSPS) is 16.8. The van der Waals surface area contributed by atoms with Crippen molar-refractivity contribution in [3.63, 3.8) is 0 Å². The second-order valence-corrected chi connectivity index (χ2v) is 7.06. The summed E-state index contributed by atoms with van der Waals surface area (Å²) < 4.78 is 24.8. The SMILES string of the molecule is CN=C(NCc1cccc(F)c1)NCc1ccc(C)cc1OCC1CCOC1. The van der Waals surface area contributed by atoms with Crippen LogP contribution in [0.3, 0.4) is 0 Å². The highest BCUT2D eigenvalue weighted by Gasteiger charge is 2.17. The second-order valence-electron chi connectivity index (χ2n) is 7.06. The molecule has 0 spiro atoms. The number of guanidine groups is 1. The maximum atomic E-state index is 13.3. The van der Waals surface area contributed by atoms with Gasteiger partial charge in [0.2, 0.25) is 0 Å². The topological polar surface area (TPSA) is 54.9 Å². The summed E-state index contributed by atoms with van der Waals surface area (Å²) in [7, 11) is 1.72. The molecule has 1 fully saturated rings. The van der Waals surface area contributed by atoms with Crippen LogP contribution in [0.25, 0.3) is 0 Å². The minimum Gasteiger partial charge on any atom is -0.493 e. The number of aryl methyl sites for hydroxylation is 1. The molecule has 3 rings (SSSR count). The fourth-order valence-corrected chi connectivity index (χ4v) is 3.10. The van der Waals surface area contributed by atoms with Gasteiger partial charge in [-0.25, -0.2) is 4.39 Å². The van der Waals surface area contributed by atoms with Crippen LogP contribution in [-0.4, -0.2) is 32.8 Å². The van der Waals surface area contributed by atoms with Gasteiger partial charge in [-0.15, -0.1) is 0 Å². The Bertz CT molecular complexity index is 804. The van der Waals surface area contributed by atoms with Crippen LogP contribution in [0, 0.1) is 18.7 Å². The van der Waals surface area contributed by atoms with E-state index in [1.165, 1.54) is 12.1 Å². The zero-order valence-electron chi connectivity index (χ0n) is 16.5. The van der Waals surface area contributed by atoms with Gasteiger partial charge in [0, 0.05) is 38.2 Å². The maximum Gasteiger partial charge on any atom is 0.191 e. The highest BCUT2D eigenvalue weighted by molar-refractivity contribution is 5.79. The van der Waals surface area contributed by atoms with E-state index in [9.17, 15) is 4.39 Å². The minimum atomic E-state index is -0.239. The molecule has 1 aliphatic heterocycles. The van der Waals surface area contributed by atoms with Gasteiger partial charge in [0.25, 0.3) is 0 Å². The molecule has 6 heteroatoms. The summed E-state index contributed by atoms with van der Waals surface area (Å²) in [5, 5.41) is 6.50. The third-order valence-corrected chi connectivity index (χ3v) is 4.74. The third-order valence-electron chi connectivity index (χ3n) is 4.74. The summed E-state index contributed by atoms with van der Waals surface area (Å²) in [6, 6.07) is 12.7. The van der Waals surface area contributed by atoms with Crippen molar-refractivity contribution in [3.8, 4) is 5.75 Å². The van der Waals surface area contributed by atoms with Crippen molar-refractivity contribution in [3.05, 3.63) is 65.0 Å². The van der Waals surface area contributed by atoms with E-state index in [0.717, 1.165) is 42.1 Å². The lowest BCUT2D eigenvalue weighted by molar-refractivity contribution is 0.166. The fourth-order valence-electron chi connectivity index (χ4n) is 3.10. The Kier molecular flexibility index (Phi) is 7.25. The Hall–Kier alpha value is -2.60. The molecule has 1 unspecified atom stereocenters. The molecule has 1 saturated heterocycles. The van der Waals surface area contributed by atoms with Crippen molar-refractivity contribution in [2.45, 2.75) is 26.4 Å². The zero-order valence-corrected chi connectivity index (χ0v) is 16.5. The van der Waals surface area contributed by atoms with E-state index in [0.29, 0.717) is 31.6 Å². The van der Waals surface area contributed by atoms with E-state index in [1.807, 2.05) is 6.07 Å². The molecule has 5 nitrogen and oxygen atoms in total. The molecule has 0 radical (unpaired) electrons. The van der Waals surface area contributed by atoms with Crippen LogP contribution in [0.4, 0.5) is 4.39 Å². The maximum absolute atomic E-state index is 13.3. The van der Waals surface area contributed by atoms with Crippen molar-refractivity contribution in [1.29, 1.82) is 0 Å². The first kappa shape index (κ1) is 20.1. The van der Waals surface area contributed by atoms with E-state index in [4.69, 9.17) is 9.47 Å². The van der Waals surface area contributed by atoms with Crippen LogP contribution < -0.4 is 15.4 Å². The third kappa shape index (κ3) is 5.96. The van der Waals surface area contributed by atoms with Gasteiger partial charge >= 0.3 is 0 Å². The molecule has 0 aliphatic carbocycles. The van der Waals surface area contributed by atoms with E-state index in [-0.39, 0.29) is 5.82 Å². The monoisotopic (exact) mass is 385 g/mol. The molecule has 0 saturated carbocycles. The minimum absolute atomic E-state index is 0.239. The van der Waals surface area contributed by atoms with Gasteiger partial charge < -0.3 is 20.1 Å². The molecule has 150 valence electrons. The number of hydrogen-bond acceptors (Lipinski definition) is 3. The molecular weight excluding hydrogens is 357 g/mol. The van der Waals surface area contributed by atoms with Crippen molar-refractivity contribution < 1.29 is 13.9 Å². The first-order valence-corrected chi connectivity index (χ1v) is 9.63. The van der Waals surface area contributed by atoms with Gasteiger partial charge in [-0.05, 0) is 42.7 Å². The Morgan fingerprint density at radius 3 is 2.82 bits per heavy atom. The Morgan fingerprint density at radius 2 is 2.07 bits per heavy atom. The molecule has 2 aromatic carbocycles. The number of rotatable bonds is 7. The summed E-state index contributed by atoms with van der Waals surface area (Å²) in [6.07, 6.45) is 1.05. The number of nitrogens with one attached hydrogen (secondary N) is 2. The number of aliphatic imine (C=N–C) groups is 1. The van der Waals surface area contributed by atoms with E-state index < -0.39 is 0 Å². The molecule has 1 atom stereocenters. The summed E-state index contributed by atoms with van der Waals surface area (Å²) >= 11 is 0. The summed E-state index contributed by atoms with van der Waals surface area (Å²) in [6.45, 7) is 5.40. The van der Waals surface area contributed by atoms with Gasteiger partial charge in [0.15, 0.2) is 5.96 Å². The van der Waals surface area contributed by atoms with Crippen molar-refractivity contribution in [1.82, 2.24) is 10.6 Å². The lowest BCUT2D eigenvalue weighted by Crippen LogP contribution is -2.36. The number of hydrogen-bond donors (Lipinski definition) is 2. The molecule has 0 amide bonds. The van der Waals surface area contributed by atoms with E-state index >= 15 is 0 Å². The average molecular weight is 385 g/mol. The van der Waals surface area contributed by atoms with Gasteiger partial charge in [0.1, 0.15) is 11.6 Å². The Morgan fingerprint density at radius 1 is 1.21 bits per heavy atom. The van der Waals surface area contributed by atoms with Crippen LogP contribution in [0.5, 0.6) is 5.75 Å². The first-order chi connectivity index (χ1) is 13.6. The highest BCUT2D eigenvalue weighted by Crippen LogP contribution is 2.22. The average Bonchev–Trinajstić information content (AvgIpc) is 3.21. The van der Waals surface area contributed by atoms with Crippen molar-refractivity contribution in [2.75, 3.05) is 26.9 Å². The molecule has 1 heterocycles. The molecule has 2 aromatic rings. The fraction of sp³-hybridized carbons (Fsp3) is 0.409.